The quantitative estimate of drug-likeness (QED) is 0.913. The number of rotatable bonds is 5. The van der Waals surface area contributed by atoms with E-state index in [4.69, 9.17) is 5.73 Å². The highest BCUT2D eigenvalue weighted by Crippen LogP contribution is 2.22. The zero-order chi connectivity index (χ0) is 16.1. The predicted octanol–water partition coefficient (Wildman–Crippen LogP) is 3.75. The number of hydrogen-bond donors (Lipinski definition) is 1. The van der Waals surface area contributed by atoms with Gasteiger partial charge in [-0.1, -0.05) is 36.4 Å². The van der Waals surface area contributed by atoms with Crippen LogP contribution in [0.25, 0.3) is 0 Å². The Labute approximate surface area is 132 Å². The van der Waals surface area contributed by atoms with Gasteiger partial charge in [-0.3, -0.25) is 4.79 Å². The smallest absolute Gasteiger partial charge is 0.228 e. The molecule has 0 heterocycles. The summed E-state index contributed by atoms with van der Waals surface area (Å²) in [7, 11) is 0. The van der Waals surface area contributed by atoms with Crippen molar-refractivity contribution in [1.82, 2.24) is 0 Å². The van der Waals surface area contributed by atoms with Crippen LogP contribution in [0.1, 0.15) is 36.1 Å². The number of carbonyl (C=O) groups excluding carboxylic acids is 1. The van der Waals surface area contributed by atoms with Crippen LogP contribution >= 0.6 is 0 Å². The van der Waals surface area contributed by atoms with Crippen LogP contribution in [-0.2, 0) is 4.79 Å². The molecule has 0 fully saturated rings. The summed E-state index contributed by atoms with van der Waals surface area (Å²) in [5.74, 6) is 0.0591. The van der Waals surface area contributed by atoms with Gasteiger partial charge in [0.15, 0.2) is 0 Å². The van der Waals surface area contributed by atoms with Gasteiger partial charge >= 0.3 is 0 Å². The lowest BCUT2D eigenvalue weighted by molar-refractivity contribution is -0.118. The summed E-state index contributed by atoms with van der Waals surface area (Å²) in [5.41, 5.74) is 10.4. The monoisotopic (exact) mass is 296 g/mol. The Morgan fingerprint density at radius 2 is 1.68 bits per heavy atom. The molecule has 2 N–H and O–H groups in total. The van der Waals surface area contributed by atoms with Gasteiger partial charge in [0, 0.05) is 24.7 Å². The van der Waals surface area contributed by atoms with Crippen molar-refractivity contribution in [2.75, 3.05) is 11.4 Å². The molecule has 0 spiro atoms. The number of hydrogen-bond acceptors (Lipinski definition) is 2. The molecule has 2 aromatic rings. The van der Waals surface area contributed by atoms with Gasteiger partial charge in [0.05, 0.1) is 0 Å². The van der Waals surface area contributed by atoms with Crippen molar-refractivity contribution in [1.29, 1.82) is 0 Å². The topological polar surface area (TPSA) is 46.3 Å². The van der Waals surface area contributed by atoms with Gasteiger partial charge in [-0.15, -0.1) is 0 Å². The molecule has 2 rings (SSSR count). The molecule has 0 saturated carbocycles. The van der Waals surface area contributed by atoms with E-state index in [-0.39, 0.29) is 11.9 Å². The number of amides is 1. The summed E-state index contributed by atoms with van der Waals surface area (Å²) >= 11 is 0. The molecule has 3 heteroatoms. The molecule has 1 atom stereocenters. The van der Waals surface area contributed by atoms with E-state index in [1.807, 2.05) is 68.1 Å². The summed E-state index contributed by atoms with van der Waals surface area (Å²) < 4.78 is 0. The van der Waals surface area contributed by atoms with Crippen LogP contribution in [0.15, 0.2) is 48.5 Å². The van der Waals surface area contributed by atoms with Crippen LogP contribution in [0, 0.1) is 13.8 Å². The molecule has 1 unspecified atom stereocenters. The van der Waals surface area contributed by atoms with Crippen molar-refractivity contribution in [2.24, 2.45) is 5.73 Å². The molecule has 0 radical (unpaired) electrons. The third-order valence-electron chi connectivity index (χ3n) is 3.76. The average Bonchev–Trinajstić information content (AvgIpc) is 2.47. The second-order valence-electron chi connectivity index (χ2n) is 5.71. The maximum atomic E-state index is 12.6. The Balaban J connectivity index is 2.15. The number of nitrogens with two attached hydrogens (primary N) is 1. The van der Waals surface area contributed by atoms with Crippen molar-refractivity contribution in [3.05, 3.63) is 65.2 Å². The molecule has 0 aliphatic heterocycles. The Kier molecular flexibility index (Phi) is 5.34. The van der Waals surface area contributed by atoms with E-state index in [1.165, 1.54) is 0 Å². The number of benzene rings is 2. The van der Waals surface area contributed by atoms with E-state index in [9.17, 15) is 4.79 Å². The van der Waals surface area contributed by atoms with E-state index in [2.05, 4.69) is 6.07 Å². The first-order valence-electron chi connectivity index (χ1n) is 7.70. The van der Waals surface area contributed by atoms with Crippen LogP contribution in [-0.4, -0.2) is 12.5 Å². The summed E-state index contributed by atoms with van der Waals surface area (Å²) in [6.45, 7) is 6.72. The minimum atomic E-state index is -0.270. The lowest BCUT2D eigenvalue weighted by Gasteiger charge is -2.24. The van der Waals surface area contributed by atoms with Crippen LogP contribution in [0.5, 0.6) is 0 Å². The van der Waals surface area contributed by atoms with Crippen molar-refractivity contribution < 1.29 is 4.79 Å². The predicted molar refractivity (Wildman–Crippen MR) is 91.9 cm³/mol. The van der Waals surface area contributed by atoms with E-state index >= 15 is 0 Å². The second kappa shape index (κ2) is 7.23. The van der Waals surface area contributed by atoms with Gasteiger partial charge < -0.3 is 10.6 Å². The normalized spacial score (nSPS) is 12.0. The van der Waals surface area contributed by atoms with Gasteiger partial charge in [-0.05, 0) is 49.6 Å². The molecular weight excluding hydrogens is 272 g/mol. The van der Waals surface area contributed by atoms with Gasteiger partial charge in [0.25, 0.3) is 0 Å². The zero-order valence-electron chi connectivity index (χ0n) is 13.5. The molecule has 0 aliphatic carbocycles. The van der Waals surface area contributed by atoms with E-state index in [0.29, 0.717) is 13.0 Å². The lowest BCUT2D eigenvalue weighted by atomic mass is 10.0. The Hall–Kier alpha value is -2.13. The summed E-state index contributed by atoms with van der Waals surface area (Å²) in [5, 5.41) is 0. The molecular formula is C19H24N2O. The van der Waals surface area contributed by atoms with Gasteiger partial charge in [-0.2, -0.15) is 0 Å². The number of anilines is 1. The van der Waals surface area contributed by atoms with Gasteiger partial charge in [0.2, 0.25) is 5.91 Å². The highest BCUT2D eigenvalue weighted by molar-refractivity contribution is 5.93. The number of nitrogens with zero attached hydrogens (tertiary/aromatic N) is 1. The van der Waals surface area contributed by atoms with Crippen molar-refractivity contribution >= 4 is 11.6 Å². The van der Waals surface area contributed by atoms with Crippen LogP contribution in [0.3, 0.4) is 0 Å². The second-order valence-corrected chi connectivity index (χ2v) is 5.71. The molecule has 22 heavy (non-hydrogen) atoms. The molecule has 3 nitrogen and oxygen atoms in total. The van der Waals surface area contributed by atoms with Crippen LogP contribution in [0.4, 0.5) is 5.69 Å². The molecule has 1 amide bonds. The highest BCUT2D eigenvalue weighted by Gasteiger charge is 2.18. The zero-order valence-corrected chi connectivity index (χ0v) is 13.5. The fourth-order valence-corrected chi connectivity index (χ4v) is 2.73. The van der Waals surface area contributed by atoms with Crippen molar-refractivity contribution in [3.8, 4) is 0 Å². The SMILES string of the molecule is CCN(C(=O)CC(N)c1ccccc1)c1cc(C)cc(C)c1. The fraction of sp³-hybridized carbons (Fsp3) is 0.316. The fourth-order valence-electron chi connectivity index (χ4n) is 2.73. The minimum Gasteiger partial charge on any atom is -0.324 e. The highest BCUT2D eigenvalue weighted by atomic mass is 16.2. The number of aryl methyl sites for hydroxylation is 2. The largest absolute Gasteiger partial charge is 0.324 e. The van der Waals surface area contributed by atoms with Gasteiger partial charge in [-0.25, -0.2) is 0 Å². The molecule has 0 saturated heterocycles. The maximum Gasteiger partial charge on any atom is 0.228 e. The van der Waals surface area contributed by atoms with Crippen LogP contribution < -0.4 is 10.6 Å². The maximum absolute atomic E-state index is 12.6. The third kappa shape index (κ3) is 3.95. The first kappa shape index (κ1) is 16.2. The lowest BCUT2D eigenvalue weighted by Crippen LogP contribution is -2.33. The van der Waals surface area contributed by atoms with Crippen molar-refractivity contribution in [3.63, 3.8) is 0 Å². The van der Waals surface area contributed by atoms with Crippen LogP contribution in [0.2, 0.25) is 0 Å². The standard InChI is InChI=1S/C19H24N2O/c1-4-21(17-11-14(2)10-15(3)12-17)19(22)13-18(20)16-8-6-5-7-9-16/h5-12,18H,4,13,20H2,1-3H3. The molecule has 2 aromatic carbocycles. The summed E-state index contributed by atoms with van der Waals surface area (Å²) in [6.07, 6.45) is 0.310. The van der Waals surface area contributed by atoms with E-state index < -0.39 is 0 Å². The van der Waals surface area contributed by atoms with Gasteiger partial charge in [0.1, 0.15) is 0 Å². The molecule has 0 aliphatic rings. The Morgan fingerprint density at radius 1 is 1.09 bits per heavy atom. The average molecular weight is 296 g/mol. The molecule has 0 aromatic heterocycles. The first-order valence-corrected chi connectivity index (χ1v) is 7.70. The molecule has 0 bridgehead atoms. The Bertz CT molecular complexity index is 617. The summed E-state index contributed by atoms with van der Waals surface area (Å²) in [4.78, 5) is 14.4. The van der Waals surface area contributed by atoms with Crippen molar-refractivity contribution in [2.45, 2.75) is 33.2 Å². The molecule has 116 valence electrons. The first-order chi connectivity index (χ1) is 10.5. The minimum absolute atomic E-state index is 0.0591. The van der Waals surface area contributed by atoms with E-state index in [0.717, 1.165) is 22.4 Å². The third-order valence-corrected chi connectivity index (χ3v) is 3.76. The number of carbonyl (C=O) groups is 1. The summed E-state index contributed by atoms with van der Waals surface area (Å²) in [6, 6.07) is 15.7. The Morgan fingerprint density at radius 3 is 2.23 bits per heavy atom. The van der Waals surface area contributed by atoms with E-state index in [1.54, 1.807) is 0 Å².